The molecule has 4 aromatic heterocycles. The van der Waals surface area contributed by atoms with Gasteiger partial charge < -0.3 is 20.4 Å². The highest BCUT2D eigenvalue weighted by atomic mass is 16.2. The summed E-state index contributed by atoms with van der Waals surface area (Å²) in [6.07, 6.45) is 9.11. The van der Waals surface area contributed by atoms with Crippen molar-refractivity contribution in [2.24, 2.45) is 7.05 Å². The Balaban J connectivity index is 0.000000204. The molecule has 182 valence electrons. The largest absolute Gasteiger partial charge is 0.338 e. The number of hydrogen-bond donors (Lipinski definition) is 2. The number of fused-ring (bicyclic) bond motifs is 1. The Labute approximate surface area is 205 Å². The SMILES string of the molecule is CCNC(=O)N1CCN(C)CC1.Cn1ccc(Nc2cc(-c3cc4cnccc4cn3)ccn2)n1. The van der Waals surface area contributed by atoms with Crippen LogP contribution in [0.25, 0.3) is 22.0 Å². The third-order valence-corrected chi connectivity index (χ3v) is 5.67. The van der Waals surface area contributed by atoms with Crippen LogP contribution in [0, 0.1) is 0 Å². The number of hydrogen-bond acceptors (Lipinski definition) is 7. The zero-order chi connectivity index (χ0) is 24.6. The molecule has 0 saturated carbocycles. The van der Waals surface area contributed by atoms with Crippen molar-refractivity contribution in [1.29, 1.82) is 0 Å². The molecule has 1 saturated heterocycles. The Kier molecular flexibility index (Phi) is 7.84. The Morgan fingerprint density at radius 1 is 0.943 bits per heavy atom. The minimum Gasteiger partial charge on any atom is -0.338 e. The number of aromatic nitrogens is 5. The summed E-state index contributed by atoms with van der Waals surface area (Å²) in [5.74, 6) is 1.49. The molecule has 2 amide bonds. The van der Waals surface area contributed by atoms with Crippen LogP contribution in [0.2, 0.25) is 0 Å². The van der Waals surface area contributed by atoms with Gasteiger partial charge in [0.15, 0.2) is 5.82 Å². The second kappa shape index (κ2) is 11.4. The molecule has 1 fully saturated rings. The van der Waals surface area contributed by atoms with Crippen molar-refractivity contribution in [2.75, 3.05) is 45.1 Å². The molecule has 1 aliphatic rings. The minimum absolute atomic E-state index is 0.0746. The van der Waals surface area contributed by atoms with Crippen LogP contribution < -0.4 is 10.6 Å². The Hall–Kier alpha value is -4.05. The first kappa shape index (κ1) is 24.1. The van der Waals surface area contributed by atoms with Gasteiger partial charge in [-0.3, -0.25) is 14.6 Å². The van der Waals surface area contributed by atoms with E-state index in [1.54, 1.807) is 17.1 Å². The number of carbonyl (C=O) groups excluding carboxylic acids is 1. The van der Waals surface area contributed by atoms with E-state index in [4.69, 9.17) is 0 Å². The van der Waals surface area contributed by atoms with Crippen molar-refractivity contribution < 1.29 is 4.79 Å². The summed E-state index contributed by atoms with van der Waals surface area (Å²) in [7, 11) is 3.96. The fourth-order valence-electron chi connectivity index (χ4n) is 3.68. The lowest BCUT2D eigenvalue weighted by Crippen LogP contribution is -2.50. The van der Waals surface area contributed by atoms with E-state index >= 15 is 0 Å². The molecule has 0 unspecified atom stereocenters. The van der Waals surface area contributed by atoms with Crippen molar-refractivity contribution >= 4 is 28.4 Å². The monoisotopic (exact) mass is 473 g/mol. The van der Waals surface area contributed by atoms with E-state index < -0.39 is 0 Å². The maximum absolute atomic E-state index is 11.3. The zero-order valence-electron chi connectivity index (χ0n) is 20.3. The molecule has 0 radical (unpaired) electrons. The van der Waals surface area contributed by atoms with Crippen LogP contribution in [0.5, 0.6) is 0 Å². The molecule has 0 atom stereocenters. The number of likely N-dealkylation sites (N-methyl/N-ethyl adjacent to an activating group) is 1. The van der Waals surface area contributed by atoms with Crippen LogP contribution in [0.1, 0.15) is 6.92 Å². The maximum atomic E-state index is 11.3. The first-order chi connectivity index (χ1) is 17.0. The summed E-state index contributed by atoms with van der Waals surface area (Å²) in [5, 5.41) is 12.4. The number of carbonyl (C=O) groups is 1. The van der Waals surface area contributed by atoms with Crippen LogP contribution in [-0.4, -0.2) is 80.3 Å². The predicted molar refractivity (Wildman–Crippen MR) is 137 cm³/mol. The smallest absolute Gasteiger partial charge is 0.317 e. The summed E-state index contributed by atoms with van der Waals surface area (Å²) >= 11 is 0. The minimum atomic E-state index is 0.0746. The zero-order valence-corrected chi connectivity index (χ0v) is 20.3. The van der Waals surface area contributed by atoms with Crippen LogP contribution >= 0.6 is 0 Å². The Morgan fingerprint density at radius 2 is 1.77 bits per heavy atom. The van der Waals surface area contributed by atoms with Gasteiger partial charge >= 0.3 is 6.03 Å². The van der Waals surface area contributed by atoms with E-state index in [1.165, 1.54) is 0 Å². The molecule has 0 spiro atoms. The van der Waals surface area contributed by atoms with Crippen molar-refractivity contribution in [2.45, 2.75) is 6.92 Å². The van der Waals surface area contributed by atoms with E-state index in [1.807, 2.05) is 67.8 Å². The average molecular weight is 474 g/mol. The molecule has 5 rings (SSSR count). The average Bonchev–Trinajstić information content (AvgIpc) is 3.29. The van der Waals surface area contributed by atoms with Gasteiger partial charge in [0.25, 0.3) is 0 Å². The number of rotatable bonds is 4. The molecular weight excluding hydrogens is 442 g/mol. The van der Waals surface area contributed by atoms with Crippen molar-refractivity contribution in [3.8, 4) is 11.3 Å². The number of nitrogens with zero attached hydrogens (tertiary/aromatic N) is 7. The van der Waals surface area contributed by atoms with Gasteiger partial charge in [0.2, 0.25) is 0 Å². The Bertz CT molecular complexity index is 1260. The topological polar surface area (TPSA) is 104 Å². The molecule has 10 nitrogen and oxygen atoms in total. The quantitative estimate of drug-likeness (QED) is 0.469. The number of nitrogens with one attached hydrogen (secondary N) is 2. The Morgan fingerprint density at radius 3 is 2.51 bits per heavy atom. The summed E-state index contributed by atoms with van der Waals surface area (Å²) in [6.45, 7) is 6.32. The van der Waals surface area contributed by atoms with Crippen molar-refractivity contribution in [3.63, 3.8) is 0 Å². The summed E-state index contributed by atoms with van der Waals surface area (Å²) in [5.41, 5.74) is 1.88. The van der Waals surface area contributed by atoms with E-state index in [2.05, 4.69) is 42.6 Å². The normalized spacial score (nSPS) is 13.7. The van der Waals surface area contributed by atoms with Crippen LogP contribution in [0.4, 0.5) is 16.4 Å². The van der Waals surface area contributed by atoms with Gasteiger partial charge in [-0.25, -0.2) is 9.78 Å². The fraction of sp³-hybridized carbons (Fsp3) is 0.320. The van der Waals surface area contributed by atoms with Gasteiger partial charge in [0, 0.05) is 93.2 Å². The third-order valence-electron chi connectivity index (χ3n) is 5.67. The lowest BCUT2D eigenvalue weighted by atomic mass is 10.1. The van der Waals surface area contributed by atoms with Gasteiger partial charge in [-0.15, -0.1) is 0 Å². The predicted octanol–water partition coefficient (Wildman–Crippen LogP) is 3.13. The molecule has 5 heterocycles. The van der Waals surface area contributed by atoms with E-state index in [0.29, 0.717) is 6.54 Å². The first-order valence-electron chi connectivity index (χ1n) is 11.7. The first-order valence-corrected chi connectivity index (χ1v) is 11.7. The lowest BCUT2D eigenvalue weighted by Gasteiger charge is -2.32. The molecule has 1 aliphatic heterocycles. The van der Waals surface area contributed by atoms with Crippen LogP contribution in [0.15, 0.2) is 61.3 Å². The molecule has 0 bridgehead atoms. The number of piperazine rings is 1. The highest BCUT2D eigenvalue weighted by Crippen LogP contribution is 2.23. The molecule has 2 N–H and O–H groups in total. The number of amides is 2. The molecular formula is C25H31N9O. The number of urea groups is 1. The van der Waals surface area contributed by atoms with Crippen molar-refractivity contribution in [1.82, 2.24) is 39.8 Å². The van der Waals surface area contributed by atoms with Crippen molar-refractivity contribution in [3.05, 3.63) is 61.3 Å². The van der Waals surface area contributed by atoms with Gasteiger partial charge in [0.05, 0.1) is 5.69 Å². The van der Waals surface area contributed by atoms with E-state index in [0.717, 1.165) is 59.8 Å². The lowest BCUT2D eigenvalue weighted by molar-refractivity contribution is 0.155. The maximum Gasteiger partial charge on any atom is 0.317 e. The van der Waals surface area contributed by atoms with E-state index in [-0.39, 0.29) is 6.03 Å². The molecule has 10 heteroatoms. The van der Waals surface area contributed by atoms with Gasteiger partial charge in [-0.05, 0) is 38.2 Å². The number of aryl methyl sites for hydroxylation is 1. The second-order valence-electron chi connectivity index (χ2n) is 8.35. The van der Waals surface area contributed by atoms with E-state index in [9.17, 15) is 4.79 Å². The summed E-state index contributed by atoms with van der Waals surface area (Å²) in [6, 6.07) is 9.85. The molecule has 0 aromatic carbocycles. The van der Waals surface area contributed by atoms with Crippen LogP contribution in [-0.2, 0) is 7.05 Å². The third kappa shape index (κ3) is 6.51. The molecule has 0 aliphatic carbocycles. The van der Waals surface area contributed by atoms with Gasteiger partial charge in [-0.1, -0.05) is 0 Å². The standard InChI is InChI=1S/C17H14N6.C8H17N3O/c1-23-7-4-16(22-23)21-17-9-12(3-6-19-17)15-8-14-10-18-5-2-13(14)11-20-15;1-3-9-8(12)11-6-4-10(2)5-7-11/h2-11H,1H3,(H,19,21,22);3-7H2,1-2H3,(H,9,12). The highest BCUT2D eigenvalue weighted by Gasteiger charge is 2.17. The van der Waals surface area contributed by atoms with Crippen LogP contribution in [0.3, 0.4) is 0 Å². The summed E-state index contributed by atoms with van der Waals surface area (Å²) in [4.78, 5) is 28.4. The summed E-state index contributed by atoms with van der Waals surface area (Å²) < 4.78 is 1.74. The fourth-order valence-corrected chi connectivity index (χ4v) is 3.68. The second-order valence-corrected chi connectivity index (χ2v) is 8.35. The number of pyridine rings is 3. The highest BCUT2D eigenvalue weighted by molar-refractivity contribution is 5.84. The molecule has 4 aromatic rings. The van der Waals surface area contributed by atoms with Gasteiger partial charge in [-0.2, -0.15) is 5.10 Å². The molecule has 35 heavy (non-hydrogen) atoms. The van der Waals surface area contributed by atoms with Gasteiger partial charge in [0.1, 0.15) is 5.82 Å². The number of anilines is 2.